The molecule has 2 heterocycles. The first kappa shape index (κ1) is 22.7. The summed E-state index contributed by atoms with van der Waals surface area (Å²) < 4.78 is 30.6. The van der Waals surface area contributed by atoms with E-state index in [1.165, 1.54) is 0 Å². The molecule has 0 saturated carbocycles. The highest BCUT2D eigenvalue weighted by Crippen LogP contribution is 2.23. The lowest BCUT2D eigenvalue weighted by Crippen LogP contribution is -2.24. The van der Waals surface area contributed by atoms with Crippen molar-refractivity contribution in [3.05, 3.63) is 100 Å². The van der Waals surface area contributed by atoms with E-state index in [4.69, 9.17) is 0 Å². The van der Waals surface area contributed by atoms with E-state index in [0.717, 1.165) is 35.5 Å². The first-order chi connectivity index (χ1) is 17.0. The van der Waals surface area contributed by atoms with Crippen LogP contribution in [0.1, 0.15) is 5.56 Å². The highest BCUT2D eigenvalue weighted by Gasteiger charge is 2.18. The molecule has 0 aliphatic rings. The van der Waals surface area contributed by atoms with E-state index in [0.29, 0.717) is 34.8 Å². The number of hydrogen-bond donors (Lipinski definition) is 1. The number of carbonyl (C=O) groups is 1. The number of carbonyl (C=O) groups excluding carboxylic acids is 1. The lowest BCUT2D eigenvalue weighted by Gasteiger charge is -2.11. The number of amides is 1. The Morgan fingerprint density at radius 2 is 1.74 bits per heavy atom. The average Bonchev–Trinajstić information content (AvgIpc) is 3.29. The number of para-hydroxylation sites is 1. The van der Waals surface area contributed by atoms with Crippen LogP contribution in [0.15, 0.2) is 82.7 Å². The van der Waals surface area contributed by atoms with Crippen LogP contribution in [0.5, 0.6) is 0 Å². The summed E-state index contributed by atoms with van der Waals surface area (Å²) in [5, 5.41) is 11.7. The second-order valence-corrected chi connectivity index (χ2v) is 8.73. The Labute approximate surface area is 202 Å². The van der Waals surface area contributed by atoms with Crippen LogP contribution in [0.3, 0.4) is 0 Å². The highest BCUT2D eigenvalue weighted by atomic mass is 32.2. The standard InChI is InChI=1S/C25H19F2N5O2S/c26-17-10-11-19(27)20(14-17)28-22(33)15-35-25-30-29-24-31(13-12-16-6-2-1-3-7-16)23(34)18-8-4-5-9-21(18)32(24)25/h1-11,14H,12-13,15H2,(H,28,33). The number of rotatable bonds is 7. The van der Waals surface area contributed by atoms with E-state index in [9.17, 15) is 18.4 Å². The number of fused-ring (bicyclic) bond motifs is 3. The Balaban J connectivity index is 1.45. The van der Waals surface area contributed by atoms with Gasteiger partial charge < -0.3 is 5.32 Å². The van der Waals surface area contributed by atoms with Gasteiger partial charge in [0, 0.05) is 12.6 Å². The predicted octanol–water partition coefficient (Wildman–Crippen LogP) is 4.30. The van der Waals surface area contributed by atoms with Crippen LogP contribution >= 0.6 is 11.8 Å². The minimum atomic E-state index is -0.730. The van der Waals surface area contributed by atoms with Gasteiger partial charge in [0.2, 0.25) is 11.7 Å². The SMILES string of the molecule is O=C(CSc1nnc2n(CCc3ccccc3)c(=O)c3ccccc3n12)Nc1cc(F)ccc1F. The van der Waals surface area contributed by atoms with Crippen LogP contribution in [-0.2, 0) is 17.8 Å². The zero-order chi connectivity index (χ0) is 24.4. The summed E-state index contributed by atoms with van der Waals surface area (Å²) in [5.74, 6) is -1.67. The van der Waals surface area contributed by atoms with E-state index in [1.54, 1.807) is 27.2 Å². The summed E-state index contributed by atoms with van der Waals surface area (Å²) >= 11 is 1.08. The number of thioether (sulfide) groups is 1. The van der Waals surface area contributed by atoms with Gasteiger partial charge in [-0.05, 0) is 36.2 Å². The molecule has 0 atom stereocenters. The van der Waals surface area contributed by atoms with Crippen molar-refractivity contribution in [2.75, 3.05) is 11.1 Å². The molecular weight excluding hydrogens is 472 g/mol. The van der Waals surface area contributed by atoms with E-state index in [-0.39, 0.29) is 17.0 Å². The molecule has 7 nitrogen and oxygen atoms in total. The van der Waals surface area contributed by atoms with Crippen LogP contribution in [0.2, 0.25) is 0 Å². The maximum atomic E-state index is 13.9. The Hall–Kier alpha value is -4.05. The van der Waals surface area contributed by atoms with Crippen LogP contribution in [-0.4, -0.2) is 30.8 Å². The normalized spacial score (nSPS) is 11.3. The largest absolute Gasteiger partial charge is 0.323 e. The van der Waals surface area contributed by atoms with Crippen LogP contribution < -0.4 is 10.9 Å². The number of nitrogens with one attached hydrogen (secondary N) is 1. The summed E-state index contributed by atoms with van der Waals surface area (Å²) in [6.45, 7) is 0.402. The van der Waals surface area contributed by atoms with E-state index in [2.05, 4.69) is 15.5 Å². The minimum Gasteiger partial charge on any atom is -0.323 e. The molecule has 5 aromatic rings. The minimum absolute atomic E-state index is 0.117. The van der Waals surface area contributed by atoms with Gasteiger partial charge in [-0.3, -0.25) is 18.6 Å². The summed E-state index contributed by atoms with van der Waals surface area (Å²) in [6, 6.07) is 19.8. The average molecular weight is 492 g/mol. The van der Waals surface area contributed by atoms with Crippen LogP contribution in [0.4, 0.5) is 14.5 Å². The Kier molecular flexibility index (Phi) is 6.28. The Morgan fingerprint density at radius 3 is 2.57 bits per heavy atom. The van der Waals surface area contributed by atoms with Crippen molar-refractivity contribution < 1.29 is 13.6 Å². The number of aryl methyl sites for hydroxylation is 2. The molecule has 0 aliphatic heterocycles. The Bertz CT molecular complexity index is 1600. The molecule has 0 unspecified atom stereocenters. The molecule has 3 aromatic carbocycles. The molecule has 1 N–H and O–H groups in total. The van der Waals surface area contributed by atoms with Gasteiger partial charge in [-0.15, -0.1) is 10.2 Å². The van der Waals surface area contributed by atoms with Crippen molar-refractivity contribution >= 4 is 40.0 Å². The van der Waals surface area contributed by atoms with Crippen molar-refractivity contribution in [3.8, 4) is 0 Å². The number of nitrogens with zero attached hydrogens (tertiary/aromatic N) is 4. The van der Waals surface area contributed by atoms with Gasteiger partial charge in [0.25, 0.3) is 5.56 Å². The van der Waals surface area contributed by atoms with Gasteiger partial charge >= 0.3 is 0 Å². The van der Waals surface area contributed by atoms with Gasteiger partial charge in [-0.1, -0.05) is 54.2 Å². The molecule has 0 aliphatic carbocycles. The van der Waals surface area contributed by atoms with E-state index >= 15 is 0 Å². The topological polar surface area (TPSA) is 81.3 Å². The summed E-state index contributed by atoms with van der Waals surface area (Å²) in [4.78, 5) is 25.7. The maximum Gasteiger partial charge on any atom is 0.262 e. The second-order valence-electron chi connectivity index (χ2n) is 7.79. The first-order valence-corrected chi connectivity index (χ1v) is 11.8. The van der Waals surface area contributed by atoms with Crippen molar-refractivity contribution in [1.82, 2.24) is 19.2 Å². The molecular formula is C25H19F2N5O2S. The monoisotopic (exact) mass is 491 g/mol. The van der Waals surface area contributed by atoms with Gasteiger partial charge in [0.05, 0.1) is 22.3 Å². The molecule has 0 radical (unpaired) electrons. The van der Waals surface area contributed by atoms with Crippen LogP contribution in [0.25, 0.3) is 16.7 Å². The first-order valence-electron chi connectivity index (χ1n) is 10.8. The number of benzene rings is 3. The zero-order valence-corrected chi connectivity index (χ0v) is 19.1. The fourth-order valence-corrected chi connectivity index (χ4v) is 4.56. The van der Waals surface area contributed by atoms with Crippen molar-refractivity contribution in [2.45, 2.75) is 18.1 Å². The van der Waals surface area contributed by atoms with Gasteiger partial charge in [-0.2, -0.15) is 0 Å². The molecule has 35 heavy (non-hydrogen) atoms. The van der Waals surface area contributed by atoms with Crippen molar-refractivity contribution in [3.63, 3.8) is 0 Å². The highest BCUT2D eigenvalue weighted by molar-refractivity contribution is 7.99. The molecule has 1 amide bonds. The molecule has 0 fully saturated rings. The lowest BCUT2D eigenvalue weighted by atomic mass is 10.1. The molecule has 0 bridgehead atoms. The maximum absolute atomic E-state index is 13.9. The second kappa shape index (κ2) is 9.67. The fraction of sp³-hybridized carbons (Fsp3) is 0.120. The smallest absolute Gasteiger partial charge is 0.262 e. The number of hydrogen-bond acceptors (Lipinski definition) is 5. The summed E-state index contributed by atoms with van der Waals surface area (Å²) in [6.07, 6.45) is 0.631. The van der Waals surface area contributed by atoms with Gasteiger partial charge in [-0.25, -0.2) is 8.78 Å². The Morgan fingerprint density at radius 1 is 0.971 bits per heavy atom. The number of halogens is 2. The van der Waals surface area contributed by atoms with Crippen LogP contribution in [0, 0.1) is 11.6 Å². The quantitative estimate of drug-likeness (QED) is 0.344. The lowest BCUT2D eigenvalue weighted by molar-refractivity contribution is -0.113. The van der Waals surface area contributed by atoms with Gasteiger partial charge in [0.1, 0.15) is 11.6 Å². The van der Waals surface area contributed by atoms with Gasteiger partial charge in [0.15, 0.2) is 5.16 Å². The van der Waals surface area contributed by atoms with E-state index < -0.39 is 17.5 Å². The molecule has 10 heteroatoms. The predicted molar refractivity (Wildman–Crippen MR) is 131 cm³/mol. The molecule has 0 spiro atoms. The number of aromatic nitrogens is 4. The third-order valence-corrected chi connectivity index (χ3v) is 6.41. The number of anilines is 1. The molecule has 0 saturated heterocycles. The molecule has 176 valence electrons. The van der Waals surface area contributed by atoms with Crippen molar-refractivity contribution in [2.24, 2.45) is 0 Å². The summed E-state index contributed by atoms with van der Waals surface area (Å²) in [5.41, 5.74) is 1.29. The molecule has 5 rings (SSSR count). The third kappa shape index (κ3) is 4.65. The van der Waals surface area contributed by atoms with Crippen molar-refractivity contribution in [1.29, 1.82) is 0 Å². The zero-order valence-electron chi connectivity index (χ0n) is 18.3. The van der Waals surface area contributed by atoms with E-state index in [1.807, 2.05) is 36.4 Å². The molecule has 2 aromatic heterocycles. The third-order valence-electron chi connectivity index (χ3n) is 5.48. The summed E-state index contributed by atoms with van der Waals surface area (Å²) in [7, 11) is 0. The fourth-order valence-electron chi connectivity index (χ4n) is 3.82.